The van der Waals surface area contributed by atoms with Gasteiger partial charge in [0.25, 0.3) is 0 Å². The quantitative estimate of drug-likeness (QED) is 0.751. The van der Waals surface area contributed by atoms with Crippen molar-refractivity contribution in [3.63, 3.8) is 0 Å². The van der Waals surface area contributed by atoms with Crippen LogP contribution in [0.15, 0.2) is 18.5 Å². The molecule has 104 valence electrons. The van der Waals surface area contributed by atoms with Crippen LogP contribution >= 0.6 is 12.2 Å². The molecule has 0 saturated carbocycles. The normalized spacial score (nSPS) is 11.2. The fourth-order valence-corrected chi connectivity index (χ4v) is 2.34. The van der Waals surface area contributed by atoms with E-state index in [1.54, 1.807) is 24.1 Å². The number of hydrogen-bond donors (Lipinski definition) is 1. The summed E-state index contributed by atoms with van der Waals surface area (Å²) in [5.41, 5.74) is 1.37. The smallest absolute Gasteiger partial charge is 0.178 e. The van der Waals surface area contributed by atoms with Crippen LogP contribution < -0.4 is 4.74 Å². The van der Waals surface area contributed by atoms with Crippen LogP contribution in [0.1, 0.15) is 5.82 Å². The summed E-state index contributed by atoms with van der Waals surface area (Å²) < 4.78 is 22.6. The van der Waals surface area contributed by atoms with E-state index in [-0.39, 0.29) is 5.75 Å². The van der Waals surface area contributed by atoms with E-state index in [1.165, 1.54) is 13.2 Å². The van der Waals surface area contributed by atoms with Gasteiger partial charge in [-0.05, 0) is 12.2 Å². The predicted molar refractivity (Wildman–Crippen MR) is 73.7 cm³/mol. The summed E-state index contributed by atoms with van der Waals surface area (Å²) in [6.07, 6.45) is 1.62. The number of ether oxygens (including phenoxy) is 1. The zero-order chi connectivity index (χ0) is 14.3. The summed E-state index contributed by atoms with van der Waals surface area (Å²) >= 11 is 5.26. The van der Waals surface area contributed by atoms with Crippen molar-refractivity contribution >= 4 is 23.3 Å². The van der Waals surface area contributed by atoms with Crippen molar-refractivity contribution in [2.24, 2.45) is 7.05 Å². The number of imidazole rings is 1. The molecule has 0 amide bonds. The molecular weight excluding hydrogens is 281 g/mol. The average Bonchev–Trinajstić information content (AvgIpc) is 2.94. The van der Waals surface area contributed by atoms with E-state index in [0.29, 0.717) is 22.7 Å². The van der Waals surface area contributed by atoms with Crippen molar-refractivity contribution < 1.29 is 9.13 Å². The molecule has 6 nitrogen and oxygen atoms in total. The van der Waals surface area contributed by atoms with Gasteiger partial charge in [0.05, 0.1) is 24.7 Å². The van der Waals surface area contributed by atoms with Crippen molar-refractivity contribution in [3.05, 3.63) is 34.9 Å². The molecule has 8 heteroatoms. The summed E-state index contributed by atoms with van der Waals surface area (Å²) in [5, 5.41) is 4.21. The summed E-state index contributed by atoms with van der Waals surface area (Å²) in [6, 6.07) is 2.98. The SMILES string of the molecule is COc1cc2c(cc1F)[nH]c(=S)n2Cc1ncn(C)n1. The second-order valence-corrected chi connectivity index (χ2v) is 4.74. The van der Waals surface area contributed by atoms with Crippen LogP contribution in [0.2, 0.25) is 0 Å². The summed E-state index contributed by atoms with van der Waals surface area (Å²) in [4.78, 5) is 7.13. The number of hydrogen-bond acceptors (Lipinski definition) is 4. The maximum absolute atomic E-state index is 13.7. The molecule has 2 heterocycles. The molecule has 0 unspecified atom stereocenters. The van der Waals surface area contributed by atoms with Gasteiger partial charge in [-0.1, -0.05) is 0 Å². The second-order valence-electron chi connectivity index (χ2n) is 4.35. The Balaban J connectivity index is 2.14. The highest BCUT2D eigenvalue weighted by Gasteiger charge is 2.12. The van der Waals surface area contributed by atoms with Crippen molar-refractivity contribution in [1.82, 2.24) is 24.3 Å². The van der Waals surface area contributed by atoms with Crippen LogP contribution in [-0.4, -0.2) is 31.4 Å². The van der Waals surface area contributed by atoms with Gasteiger partial charge in [-0.3, -0.25) is 4.68 Å². The monoisotopic (exact) mass is 293 g/mol. The Morgan fingerprint density at radius 1 is 1.45 bits per heavy atom. The van der Waals surface area contributed by atoms with Gasteiger partial charge in [-0.15, -0.1) is 0 Å². The largest absolute Gasteiger partial charge is 0.494 e. The van der Waals surface area contributed by atoms with Gasteiger partial charge in [0.1, 0.15) is 6.33 Å². The minimum atomic E-state index is -0.431. The third-order valence-electron chi connectivity index (χ3n) is 2.99. The van der Waals surface area contributed by atoms with Gasteiger partial charge in [-0.2, -0.15) is 5.10 Å². The number of halogens is 1. The topological polar surface area (TPSA) is 60.7 Å². The fourth-order valence-electron chi connectivity index (χ4n) is 2.07. The second kappa shape index (κ2) is 4.71. The Kier molecular flexibility index (Phi) is 3.01. The first-order chi connectivity index (χ1) is 9.58. The maximum atomic E-state index is 13.7. The van der Waals surface area contributed by atoms with E-state index in [0.717, 1.165) is 5.52 Å². The molecule has 2 aromatic heterocycles. The number of fused-ring (bicyclic) bond motifs is 1. The van der Waals surface area contributed by atoms with E-state index in [9.17, 15) is 4.39 Å². The molecule has 0 spiro atoms. The Labute approximate surface area is 118 Å². The van der Waals surface area contributed by atoms with Gasteiger partial charge in [0.2, 0.25) is 0 Å². The van der Waals surface area contributed by atoms with Crippen LogP contribution in [0.3, 0.4) is 0 Å². The molecule has 0 atom stereocenters. The van der Waals surface area contributed by atoms with Gasteiger partial charge in [0.15, 0.2) is 22.2 Å². The summed E-state index contributed by atoms with van der Waals surface area (Å²) in [7, 11) is 3.22. The van der Waals surface area contributed by atoms with Gasteiger partial charge in [0, 0.05) is 19.2 Å². The van der Waals surface area contributed by atoms with E-state index in [1.807, 2.05) is 4.57 Å². The molecule has 0 aliphatic heterocycles. The van der Waals surface area contributed by atoms with E-state index in [2.05, 4.69) is 15.1 Å². The first-order valence-electron chi connectivity index (χ1n) is 5.89. The Morgan fingerprint density at radius 3 is 2.90 bits per heavy atom. The molecular formula is C12H12FN5OS. The zero-order valence-electron chi connectivity index (χ0n) is 10.9. The van der Waals surface area contributed by atoms with E-state index in [4.69, 9.17) is 17.0 Å². The lowest BCUT2D eigenvalue weighted by atomic mass is 10.3. The number of nitrogens with one attached hydrogen (secondary N) is 1. The number of benzene rings is 1. The first kappa shape index (κ1) is 12.8. The average molecular weight is 293 g/mol. The van der Waals surface area contributed by atoms with Crippen LogP contribution in [0.4, 0.5) is 4.39 Å². The summed E-state index contributed by atoms with van der Waals surface area (Å²) in [5.74, 6) is 0.376. The molecule has 0 aliphatic rings. The predicted octanol–water partition coefficient (Wildman–Crippen LogP) is 2.02. The number of aryl methyl sites for hydroxylation is 1. The lowest BCUT2D eigenvalue weighted by Gasteiger charge is -2.04. The highest BCUT2D eigenvalue weighted by Crippen LogP contribution is 2.24. The van der Waals surface area contributed by atoms with Gasteiger partial charge >= 0.3 is 0 Å². The van der Waals surface area contributed by atoms with Gasteiger partial charge in [-0.25, -0.2) is 9.37 Å². The van der Waals surface area contributed by atoms with Crippen LogP contribution in [-0.2, 0) is 13.6 Å². The Bertz CT molecular complexity index is 834. The molecule has 3 rings (SSSR count). The molecule has 3 aromatic rings. The number of rotatable bonds is 3. The van der Waals surface area contributed by atoms with Crippen LogP contribution in [0, 0.1) is 10.6 Å². The molecule has 1 aromatic carbocycles. The van der Waals surface area contributed by atoms with Crippen molar-refractivity contribution in [3.8, 4) is 5.75 Å². The molecule has 0 radical (unpaired) electrons. The fraction of sp³-hybridized carbons (Fsp3) is 0.250. The van der Waals surface area contributed by atoms with E-state index < -0.39 is 5.82 Å². The highest BCUT2D eigenvalue weighted by atomic mass is 32.1. The van der Waals surface area contributed by atoms with Crippen molar-refractivity contribution in [1.29, 1.82) is 0 Å². The molecule has 20 heavy (non-hydrogen) atoms. The minimum Gasteiger partial charge on any atom is -0.494 e. The molecule has 0 bridgehead atoms. The standard InChI is InChI=1S/C12H12FN5OS/c1-17-6-14-11(16-17)5-18-9-4-10(19-2)7(13)3-8(9)15-12(18)20/h3-4,6H,5H2,1-2H3,(H,15,20). The minimum absolute atomic E-state index is 0.175. The molecule has 1 N–H and O–H groups in total. The number of nitrogens with zero attached hydrogens (tertiary/aromatic N) is 4. The highest BCUT2D eigenvalue weighted by molar-refractivity contribution is 7.71. The third-order valence-corrected chi connectivity index (χ3v) is 3.32. The van der Waals surface area contributed by atoms with Crippen LogP contribution in [0.25, 0.3) is 11.0 Å². The number of methoxy groups -OCH3 is 1. The lowest BCUT2D eigenvalue weighted by Crippen LogP contribution is -2.03. The van der Waals surface area contributed by atoms with Crippen LogP contribution in [0.5, 0.6) is 5.75 Å². The summed E-state index contributed by atoms with van der Waals surface area (Å²) in [6.45, 7) is 0.411. The first-order valence-corrected chi connectivity index (χ1v) is 6.30. The molecule has 0 fully saturated rings. The van der Waals surface area contributed by atoms with Crippen molar-refractivity contribution in [2.45, 2.75) is 6.54 Å². The van der Waals surface area contributed by atoms with Gasteiger partial charge < -0.3 is 14.3 Å². The maximum Gasteiger partial charge on any atom is 0.178 e. The molecule has 0 saturated heterocycles. The lowest BCUT2D eigenvalue weighted by molar-refractivity contribution is 0.387. The number of H-pyrrole nitrogens is 1. The Morgan fingerprint density at radius 2 is 2.25 bits per heavy atom. The van der Waals surface area contributed by atoms with E-state index >= 15 is 0 Å². The number of aromatic nitrogens is 5. The molecule has 0 aliphatic carbocycles. The zero-order valence-corrected chi connectivity index (χ0v) is 11.7. The number of aromatic amines is 1. The third kappa shape index (κ3) is 2.07. The Hall–Kier alpha value is -2.22. The van der Waals surface area contributed by atoms with Crippen molar-refractivity contribution in [2.75, 3.05) is 7.11 Å².